The summed E-state index contributed by atoms with van der Waals surface area (Å²) in [5.41, 5.74) is 13.7. The van der Waals surface area contributed by atoms with E-state index in [-0.39, 0.29) is 0 Å². The van der Waals surface area contributed by atoms with Crippen LogP contribution in [0.25, 0.3) is 49.4 Å². The smallest absolute Gasteiger partial charge is 0.0561 e. The van der Waals surface area contributed by atoms with Crippen molar-refractivity contribution in [1.82, 2.24) is 4.57 Å². The van der Waals surface area contributed by atoms with Crippen LogP contribution >= 0.6 is 0 Å². The van der Waals surface area contributed by atoms with Crippen LogP contribution in [0.2, 0.25) is 0 Å². The fourth-order valence-corrected chi connectivity index (χ4v) is 8.28. The zero-order valence-electron chi connectivity index (χ0n) is 30.8. The molecule has 0 saturated carbocycles. The average molecular weight is 715 g/mol. The molecular weight excluding hydrogens is 677 g/mol. The van der Waals surface area contributed by atoms with E-state index in [4.69, 9.17) is 0 Å². The Morgan fingerprint density at radius 3 is 1.54 bits per heavy atom. The predicted octanol–water partition coefficient (Wildman–Crippen LogP) is 14.4. The van der Waals surface area contributed by atoms with Crippen LogP contribution in [-0.4, -0.2) is 4.57 Å². The minimum atomic E-state index is 1.08. The molecule has 1 aromatic heterocycles. The van der Waals surface area contributed by atoms with Crippen molar-refractivity contribution in [2.24, 2.45) is 0 Å². The summed E-state index contributed by atoms with van der Waals surface area (Å²) in [6.07, 6.45) is 0. The molecule has 0 saturated heterocycles. The standard InChI is InChI=1S/C54H38N2/c1-5-20-40(21-6-1)53(41-22-7-2-8-23-41)54(42-24-9-3-10-25-42)49-30-16-18-32-51(49)55(45-34-33-39-19-13-14-26-43(39)37-45)46-35-36-48-47-29-15-17-31-50(47)56(52(48)38-46)44-27-11-4-12-28-44/h1-38H. The molecule has 0 aliphatic carbocycles. The van der Waals surface area contributed by atoms with Crippen LogP contribution in [0.4, 0.5) is 17.1 Å². The molecule has 0 fully saturated rings. The summed E-state index contributed by atoms with van der Waals surface area (Å²) in [4.78, 5) is 2.45. The molecule has 0 spiro atoms. The maximum absolute atomic E-state index is 2.45. The van der Waals surface area contributed by atoms with Gasteiger partial charge in [-0.25, -0.2) is 0 Å². The lowest BCUT2D eigenvalue weighted by Crippen LogP contribution is -2.13. The van der Waals surface area contributed by atoms with Crippen LogP contribution in [-0.2, 0) is 0 Å². The van der Waals surface area contributed by atoms with Crippen molar-refractivity contribution in [3.05, 3.63) is 253 Å². The highest BCUT2D eigenvalue weighted by molar-refractivity contribution is 6.11. The molecule has 0 unspecified atom stereocenters. The van der Waals surface area contributed by atoms with Gasteiger partial charge in [0, 0.05) is 33.4 Å². The first-order valence-electron chi connectivity index (χ1n) is 19.2. The van der Waals surface area contributed by atoms with Crippen LogP contribution in [0.15, 0.2) is 231 Å². The summed E-state index contributed by atoms with van der Waals surface area (Å²) < 4.78 is 2.40. The van der Waals surface area contributed by atoms with Gasteiger partial charge in [-0.05, 0) is 87.1 Å². The minimum Gasteiger partial charge on any atom is -0.310 e. The maximum atomic E-state index is 2.45. The molecule has 0 N–H and O–H groups in total. The van der Waals surface area contributed by atoms with Crippen LogP contribution < -0.4 is 4.90 Å². The molecule has 0 aliphatic heterocycles. The highest BCUT2D eigenvalue weighted by atomic mass is 15.1. The first-order chi connectivity index (χ1) is 27.8. The van der Waals surface area contributed by atoms with E-state index >= 15 is 0 Å². The van der Waals surface area contributed by atoms with E-state index in [0.717, 1.165) is 39.4 Å². The van der Waals surface area contributed by atoms with Crippen molar-refractivity contribution in [2.45, 2.75) is 0 Å². The van der Waals surface area contributed by atoms with E-state index in [1.807, 2.05) is 0 Å². The van der Waals surface area contributed by atoms with Gasteiger partial charge in [-0.1, -0.05) is 182 Å². The van der Waals surface area contributed by atoms with Gasteiger partial charge in [0.15, 0.2) is 0 Å². The summed E-state index contributed by atoms with van der Waals surface area (Å²) in [7, 11) is 0. The van der Waals surface area contributed by atoms with Crippen LogP contribution in [0, 0.1) is 0 Å². The summed E-state index contributed by atoms with van der Waals surface area (Å²) >= 11 is 0. The van der Waals surface area contributed by atoms with E-state index in [1.54, 1.807) is 0 Å². The Hall–Kier alpha value is -7.42. The molecule has 0 radical (unpaired) electrons. The number of hydrogen-bond donors (Lipinski definition) is 0. The molecule has 0 amide bonds. The lowest BCUT2D eigenvalue weighted by atomic mass is 9.85. The van der Waals surface area contributed by atoms with Gasteiger partial charge in [-0.15, -0.1) is 0 Å². The SMILES string of the molecule is c1ccc(C(=C(c2ccccc2)c2ccccc2N(c2ccc3ccccc3c2)c2ccc3c4ccccc4n(-c4ccccc4)c3c2)c2ccccc2)cc1. The largest absolute Gasteiger partial charge is 0.310 e. The second kappa shape index (κ2) is 14.4. The number of aromatic nitrogens is 1. The van der Waals surface area contributed by atoms with Crippen LogP contribution in [0.1, 0.15) is 22.3 Å². The van der Waals surface area contributed by atoms with Gasteiger partial charge >= 0.3 is 0 Å². The zero-order chi connectivity index (χ0) is 37.3. The van der Waals surface area contributed by atoms with Gasteiger partial charge in [0.1, 0.15) is 0 Å². The molecular formula is C54H38N2. The molecule has 2 heteroatoms. The van der Waals surface area contributed by atoms with E-state index < -0.39 is 0 Å². The highest BCUT2D eigenvalue weighted by Crippen LogP contribution is 2.46. The molecule has 0 atom stereocenters. The van der Waals surface area contributed by atoms with Gasteiger partial charge in [-0.2, -0.15) is 0 Å². The van der Waals surface area contributed by atoms with E-state index in [2.05, 4.69) is 240 Å². The number of anilines is 3. The van der Waals surface area contributed by atoms with Crippen molar-refractivity contribution < 1.29 is 0 Å². The van der Waals surface area contributed by atoms with E-state index in [1.165, 1.54) is 49.3 Å². The Morgan fingerprint density at radius 2 is 0.839 bits per heavy atom. The first-order valence-corrected chi connectivity index (χ1v) is 19.2. The number of para-hydroxylation sites is 3. The second-order valence-electron chi connectivity index (χ2n) is 14.1. The van der Waals surface area contributed by atoms with Gasteiger partial charge in [-0.3, -0.25) is 0 Å². The molecule has 0 bridgehead atoms. The van der Waals surface area contributed by atoms with Crippen molar-refractivity contribution >= 4 is 60.8 Å². The Labute approximate surface area is 327 Å². The third-order valence-corrected chi connectivity index (χ3v) is 10.8. The third kappa shape index (κ3) is 5.95. The molecule has 56 heavy (non-hydrogen) atoms. The molecule has 264 valence electrons. The van der Waals surface area contributed by atoms with Gasteiger partial charge < -0.3 is 9.47 Å². The summed E-state index contributed by atoms with van der Waals surface area (Å²) in [6.45, 7) is 0. The number of rotatable bonds is 8. The monoisotopic (exact) mass is 714 g/mol. The van der Waals surface area contributed by atoms with Crippen molar-refractivity contribution in [3.8, 4) is 5.69 Å². The number of hydrogen-bond acceptors (Lipinski definition) is 1. The fourth-order valence-electron chi connectivity index (χ4n) is 8.28. The quantitative estimate of drug-likeness (QED) is 0.142. The zero-order valence-corrected chi connectivity index (χ0v) is 30.8. The minimum absolute atomic E-state index is 1.08. The average Bonchev–Trinajstić information content (AvgIpc) is 3.61. The topological polar surface area (TPSA) is 8.17 Å². The Morgan fingerprint density at radius 1 is 0.339 bits per heavy atom. The predicted molar refractivity (Wildman–Crippen MR) is 237 cm³/mol. The first kappa shape index (κ1) is 33.2. The number of benzene rings is 9. The fraction of sp³-hybridized carbons (Fsp3) is 0. The van der Waals surface area contributed by atoms with Gasteiger partial charge in [0.2, 0.25) is 0 Å². The molecule has 2 nitrogen and oxygen atoms in total. The highest BCUT2D eigenvalue weighted by Gasteiger charge is 2.24. The Kier molecular flexibility index (Phi) is 8.55. The number of fused-ring (bicyclic) bond motifs is 4. The van der Waals surface area contributed by atoms with Crippen molar-refractivity contribution in [2.75, 3.05) is 4.90 Å². The van der Waals surface area contributed by atoms with Crippen molar-refractivity contribution in [1.29, 1.82) is 0 Å². The molecule has 10 aromatic rings. The van der Waals surface area contributed by atoms with Gasteiger partial charge in [0.25, 0.3) is 0 Å². The van der Waals surface area contributed by atoms with Gasteiger partial charge in [0.05, 0.1) is 16.7 Å². The van der Waals surface area contributed by atoms with E-state index in [0.29, 0.717) is 0 Å². The summed E-state index contributed by atoms with van der Waals surface area (Å²) in [5, 5.41) is 4.87. The summed E-state index contributed by atoms with van der Waals surface area (Å²) in [6, 6.07) is 83.2. The second-order valence-corrected chi connectivity index (χ2v) is 14.1. The maximum Gasteiger partial charge on any atom is 0.0561 e. The third-order valence-electron chi connectivity index (χ3n) is 10.8. The normalized spacial score (nSPS) is 11.2. The molecule has 9 aromatic carbocycles. The Balaban J connectivity index is 1.30. The van der Waals surface area contributed by atoms with Crippen molar-refractivity contribution in [3.63, 3.8) is 0 Å². The van der Waals surface area contributed by atoms with Crippen LogP contribution in [0.5, 0.6) is 0 Å². The lowest BCUT2D eigenvalue weighted by molar-refractivity contribution is 1.18. The summed E-state index contributed by atoms with van der Waals surface area (Å²) in [5.74, 6) is 0. The number of nitrogens with zero attached hydrogens (tertiary/aromatic N) is 2. The Bertz CT molecular complexity index is 2960. The molecule has 0 aliphatic rings. The lowest BCUT2D eigenvalue weighted by Gasteiger charge is -2.30. The van der Waals surface area contributed by atoms with Crippen LogP contribution in [0.3, 0.4) is 0 Å². The van der Waals surface area contributed by atoms with E-state index in [9.17, 15) is 0 Å². The molecule has 10 rings (SSSR count). The molecule has 1 heterocycles.